The zero-order chi connectivity index (χ0) is 13.0. The number of nitrogens with zero attached hydrogens (tertiary/aromatic N) is 3. The van der Waals surface area contributed by atoms with Crippen molar-refractivity contribution < 1.29 is 14.7 Å². The van der Waals surface area contributed by atoms with Crippen LogP contribution in [0.5, 0.6) is 0 Å². The molecule has 8 heteroatoms. The molecule has 2 rings (SSSR count). The summed E-state index contributed by atoms with van der Waals surface area (Å²) in [5, 5.41) is 15.7. The van der Waals surface area contributed by atoms with Crippen molar-refractivity contribution in [2.45, 2.75) is 12.6 Å². The number of aliphatic carboxylic acids is 1. The first-order valence-corrected chi connectivity index (χ1v) is 6.66. The van der Waals surface area contributed by atoms with Crippen molar-refractivity contribution in [1.82, 2.24) is 20.0 Å². The summed E-state index contributed by atoms with van der Waals surface area (Å²) in [4.78, 5) is 24.1. The van der Waals surface area contributed by atoms with Gasteiger partial charge in [0.05, 0.1) is 12.4 Å². The summed E-state index contributed by atoms with van der Waals surface area (Å²) in [6, 6.07) is 0.749. The van der Waals surface area contributed by atoms with Gasteiger partial charge in [0.2, 0.25) is 0 Å². The van der Waals surface area contributed by atoms with E-state index in [2.05, 4.69) is 10.4 Å². The number of carboxylic acids is 1. The fraction of sp³-hybridized carbons (Fsp3) is 0.500. The number of nitrogens with one attached hydrogen (secondary N) is 1. The van der Waals surface area contributed by atoms with E-state index in [-0.39, 0.29) is 6.03 Å². The lowest BCUT2D eigenvalue weighted by molar-refractivity contribution is -0.140. The van der Waals surface area contributed by atoms with E-state index in [1.165, 1.54) is 16.7 Å². The molecule has 1 fully saturated rings. The zero-order valence-corrected chi connectivity index (χ0v) is 10.5. The van der Waals surface area contributed by atoms with Gasteiger partial charge in [-0.2, -0.15) is 5.10 Å². The number of carboxylic acid groups (broad SMARTS) is 1. The van der Waals surface area contributed by atoms with Gasteiger partial charge in [-0.3, -0.25) is 4.68 Å². The molecular formula is C10H14N4O3S. The van der Waals surface area contributed by atoms with E-state index >= 15 is 0 Å². The van der Waals surface area contributed by atoms with Crippen LogP contribution in [0.25, 0.3) is 0 Å². The van der Waals surface area contributed by atoms with E-state index in [1.807, 2.05) is 0 Å². The Morgan fingerprint density at radius 3 is 3.06 bits per heavy atom. The molecule has 98 valence electrons. The monoisotopic (exact) mass is 270 g/mol. The normalized spacial score (nSPS) is 18.9. The van der Waals surface area contributed by atoms with Crippen molar-refractivity contribution in [1.29, 1.82) is 0 Å². The van der Waals surface area contributed by atoms with Crippen molar-refractivity contribution in [3.05, 3.63) is 18.5 Å². The molecule has 2 N–H and O–H groups in total. The molecule has 1 atom stereocenters. The molecule has 1 aromatic rings. The minimum atomic E-state index is -0.956. The lowest BCUT2D eigenvalue weighted by Gasteiger charge is -2.20. The Morgan fingerprint density at radius 2 is 2.39 bits per heavy atom. The Balaban J connectivity index is 1.79. The number of urea groups is 1. The minimum absolute atomic E-state index is 0.334. The summed E-state index contributed by atoms with van der Waals surface area (Å²) in [7, 11) is 0. The van der Waals surface area contributed by atoms with Gasteiger partial charge < -0.3 is 15.3 Å². The van der Waals surface area contributed by atoms with E-state index in [0.29, 0.717) is 24.7 Å². The van der Waals surface area contributed by atoms with E-state index in [0.717, 1.165) is 0 Å². The van der Waals surface area contributed by atoms with Crippen LogP contribution in [0.2, 0.25) is 0 Å². The fourth-order valence-corrected chi connectivity index (χ4v) is 2.80. The number of hydrogen-bond donors (Lipinski definition) is 2. The second-order valence-corrected chi connectivity index (χ2v) is 4.82. The average molecular weight is 270 g/mol. The Labute approximate surface area is 108 Å². The van der Waals surface area contributed by atoms with E-state index in [9.17, 15) is 9.59 Å². The topological polar surface area (TPSA) is 87.5 Å². The highest BCUT2D eigenvalue weighted by Gasteiger charge is 2.34. The maximum Gasteiger partial charge on any atom is 0.327 e. The molecule has 0 spiro atoms. The lowest BCUT2D eigenvalue weighted by atomic mass is 10.3. The molecular weight excluding hydrogens is 256 g/mol. The number of carbonyl (C=O) groups excluding carboxylic acids is 1. The molecule has 7 nitrogen and oxygen atoms in total. The smallest absolute Gasteiger partial charge is 0.327 e. The molecule has 1 aliphatic heterocycles. The third-order valence-corrected chi connectivity index (χ3v) is 3.62. The standard InChI is InChI=1S/C10H14N4O3S/c15-9(16)8-6-18-7-14(8)10(17)11-3-5-13-4-1-2-12-13/h1-2,4,8H,3,5-7H2,(H,11,17)(H,15,16). The second-order valence-electron chi connectivity index (χ2n) is 3.82. The third kappa shape index (κ3) is 2.95. The van der Waals surface area contributed by atoms with Gasteiger partial charge in [0.25, 0.3) is 0 Å². The quantitative estimate of drug-likeness (QED) is 0.807. The molecule has 0 saturated carbocycles. The van der Waals surface area contributed by atoms with Gasteiger partial charge in [-0.1, -0.05) is 0 Å². The molecule has 1 aromatic heterocycles. The molecule has 0 aromatic carbocycles. The highest BCUT2D eigenvalue weighted by Crippen LogP contribution is 2.20. The van der Waals surface area contributed by atoms with Crippen LogP contribution in [0.15, 0.2) is 18.5 Å². The molecule has 1 saturated heterocycles. The highest BCUT2D eigenvalue weighted by molar-refractivity contribution is 7.99. The SMILES string of the molecule is O=C(O)C1CSCN1C(=O)NCCn1cccn1. The lowest BCUT2D eigenvalue weighted by Crippen LogP contribution is -2.47. The predicted molar refractivity (Wildman–Crippen MR) is 66.2 cm³/mol. The predicted octanol–water partition coefficient (Wildman–Crippen LogP) is 0.0522. The molecule has 2 heterocycles. The van der Waals surface area contributed by atoms with Gasteiger partial charge >= 0.3 is 12.0 Å². The van der Waals surface area contributed by atoms with Gasteiger partial charge in [0.1, 0.15) is 6.04 Å². The Hall–Kier alpha value is -1.70. The van der Waals surface area contributed by atoms with Crippen molar-refractivity contribution in [2.24, 2.45) is 0 Å². The summed E-state index contributed by atoms with van der Waals surface area (Å²) in [6.45, 7) is 0.992. The number of hydrogen-bond acceptors (Lipinski definition) is 4. The third-order valence-electron chi connectivity index (χ3n) is 2.60. The van der Waals surface area contributed by atoms with Crippen LogP contribution in [-0.2, 0) is 11.3 Å². The maximum atomic E-state index is 11.8. The van der Waals surface area contributed by atoms with E-state index in [4.69, 9.17) is 5.11 Å². The summed E-state index contributed by atoms with van der Waals surface area (Å²) >= 11 is 1.44. The fourth-order valence-electron chi connectivity index (χ4n) is 1.66. The summed E-state index contributed by atoms with van der Waals surface area (Å²) in [5.41, 5.74) is 0. The Morgan fingerprint density at radius 1 is 1.56 bits per heavy atom. The Kier molecular flexibility index (Phi) is 4.08. The van der Waals surface area contributed by atoms with E-state index < -0.39 is 12.0 Å². The van der Waals surface area contributed by atoms with Crippen LogP contribution in [-0.4, -0.2) is 56.0 Å². The van der Waals surface area contributed by atoms with Gasteiger partial charge in [0.15, 0.2) is 0 Å². The first-order valence-electron chi connectivity index (χ1n) is 5.51. The second kappa shape index (κ2) is 5.76. The van der Waals surface area contributed by atoms with Gasteiger partial charge in [-0.05, 0) is 6.07 Å². The van der Waals surface area contributed by atoms with Crippen LogP contribution in [0.3, 0.4) is 0 Å². The molecule has 18 heavy (non-hydrogen) atoms. The average Bonchev–Trinajstić information content (AvgIpc) is 2.99. The molecule has 1 unspecified atom stereocenters. The Bertz CT molecular complexity index is 423. The number of thioether (sulfide) groups is 1. The summed E-state index contributed by atoms with van der Waals surface area (Å²) in [6.07, 6.45) is 3.47. The van der Waals surface area contributed by atoms with Gasteiger partial charge in [0, 0.05) is 24.7 Å². The highest BCUT2D eigenvalue weighted by atomic mass is 32.2. The van der Waals surface area contributed by atoms with Crippen LogP contribution in [0.1, 0.15) is 0 Å². The van der Waals surface area contributed by atoms with Crippen molar-refractivity contribution in [3.63, 3.8) is 0 Å². The molecule has 0 radical (unpaired) electrons. The van der Waals surface area contributed by atoms with Crippen LogP contribution < -0.4 is 5.32 Å². The number of rotatable bonds is 4. The number of amides is 2. The number of aromatic nitrogens is 2. The van der Waals surface area contributed by atoms with E-state index in [1.54, 1.807) is 23.1 Å². The zero-order valence-electron chi connectivity index (χ0n) is 9.65. The summed E-state index contributed by atoms with van der Waals surface area (Å²) < 4.78 is 1.70. The molecule has 1 aliphatic rings. The van der Waals surface area contributed by atoms with Crippen molar-refractivity contribution in [3.8, 4) is 0 Å². The van der Waals surface area contributed by atoms with Crippen molar-refractivity contribution in [2.75, 3.05) is 18.2 Å². The summed E-state index contributed by atoms with van der Waals surface area (Å²) in [5.74, 6) is -0.0887. The first kappa shape index (κ1) is 12.7. The van der Waals surface area contributed by atoms with Crippen molar-refractivity contribution >= 4 is 23.8 Å². The van der Waals surface area contributed by atoms with Crippen LogP contribution >= 0.6 is 11.8 Å². The van der Waals surface area contributed by atoms with Gasteiger partial charge in [-0.25, -0.2) is 9.59 Å². The molecule has 0 aliphatic carbocycles. The molecule has 2 amide bonds. The number of carbonyl (C=O) groups is 2. The maximum absolute atomic E-state index is 11.8. The minimum Gasteiger partial charge on any atom is -0.480 e. The van der Waals surface area contributed by atoms with Crippen LogP contribution in [0.4, 0.5) is 4.79 Å². The van der Waals surface area contributed by atoms with Crippen LogP contribution in [0, 0.1) is 0 Å². The van der Waals surface area contributed by atoms with Gasteiger partial charge in [-0.15, -0.1) is 11.8 Å². The molecule has 0 bridgehead atoms. The largest absolute Gasteiger partial charge is 0.480 e. The first-order chi connectivity index (χ1) is 8.68.